The van der Waals surface area contributed by atoms with Gasteiger partial charge in [0.25, 0.3) is 5.91 Å². The van der Waals surface area contributed by atoms with E-state index < -0.39 is 5.91 Å². The Morgan fingerprint density at radius 2 is 1.94 bits per heavy atom. The maximum atomic E-state index is 12.9. The number of aromatic nitrogens is 1. The van der Waals surface area contributed by atoms with Gasteiger partial charge in [0, 0.05) is 17.3 Å². The summed E-state index contributed by atoms with van der Waals surface area (Å²) >= 11 is 14.1. The Bertz CT molecular complexity index is 1270. The molecular formula is C24H23Cl2N5OS. The smallest absolute Gasteiger partial charge is 0.283 e. The molecule has 3 aliphatic rings. The molecule has 0 saturated heterocycles. The van der Waals surface area contributed by atoms with Crippen LogP contribution in [0.15, 0.2) is 39.9 Å². The lowest BCUT2D eigenvalue weighted by atomic mass is 9.90. The van der Waals surface area contributed by atoms with Crippen molar-refractivity contribution in [2.45, 2.75) is 46.0 Å². The van der Waals surface area contributed by atoms with Crippen molar-refractivity contribution in [2.75, 3.05) is 0 Å². The molecule has 0 unspecified atom stereocenters. The molecule has 0 spiro atoms. The van der Waals surface area contributed by atoms with Crippen molar-refractivity contribution >= 4 is 63.0 Å². The zero-order valence-corrected chi connectivity index (χ0v) is 20.7. The standard InChI is InChI=1S/C24H23Cl2N5OS/c1-13-11-16(14(2)30(13)19-10-6-9-18(25)20(19)26)12-17-21(27)31-24(28-22(17)32)33-23(29-31)15-7-4-3-5-8-15/h6,9-12,15,27H,3-5,7-8H2,1-2H3. The molecule has 2 aromatic rings. The number of hydrogen-bond acceptors (Lipinski definition) is 4. The van der Waals surface area contributed by atoms with Crippen molar-refractivity contribution in [3.8, 4) is 5.69 Å². The lowest BCUT2D eigenvalue weighted by Crippen LogP contribution is -2.35. The van der Waals surface area contributed by atoms with E-state index in [2.05, 4.69) is 10.1 Å². The van der Waals surface area contributed by atoms with Crippen molar-refractivity contribution in [1.82, 2.24) is 9.58 Å². The van der Waals surface area contributed by atoms with Crippen LogP contribution in [0.2, 0.25) is 10.0 Å². The molecule has 6 nitrogen and oxygen atoms in total. The van der Waals surface area contributed by atoms with Crippen molar-refractivity contribution in [1.29, 1.82) is 5.41 Å². The third kappa shape index (κ3) is 3.96. The van der Waals surface area contributed by atoms with E-state index in [0.29, 0.717) is 21.1 Å². The molecule has 1 saturated carbocycles. The van der Waals surface area contributed by atoms with E-state index in [1.807, 2.05) is 36.6 Å². The van der Waals surface area contributed by atoms with Gasteiger partial charge in [-0.2, -0.15) is 15.1 Å². The number of thioether (sulfide) groups is 1. The minimum absolute atomic E-state index is 0.0638. The van der Waals surface area contributed by atoms with Crippen molar-refractivity contribution in [3.05, 3.63) is 56.8 Å². The van der Waals surface area contributed by atoms with E-state index >= 15 is 0 Å². The minimum Gasteiger partial charge on any atom is -0.316 e. The molecule has 3 heterocycles. The summed E-state index contributed by atoms with van der Waals surface area (Å²) in [6.45, 7) is 3.92. The fourth-order valence-electron chi connectivity index (χ4n) is 4.65. The van der Waals surface area contributed by atoms with Gasteiger partial charge in [-0.05, 0) is 68.3 Å². The molecule has 170 valence electrons. The predicted octanol–water partition coefficient (Wildman–Crippen LogP) is 6.60. The maximum absolute atomic E-state index is 12.9. The molecule has 5 rings (SSSR count). The third-order valence-corrected chi connectivity index (χ3v) is 8.25. The van der Waals surface area contributed by atoms with E-state index in [1.165, 1.54) is 36.0 Å². The van der Waals surface area contributed by atoms with Gasteiger partial charge in [0.05, 0.1) is 21.3 Å². The van der Waals surface area contributed by atoms with Crippen LogP contribution in [0.5, 0.6) is 0 Å². The summed E-state index contributed by atoms with van der Waals surface area (Å²) < 4.78 is 2.00. The summed E-state index contributed by atoms with van der Waals surface area (Å²) in [7, 11) is 0. The zero-order chi connectivity index (χ0) is 23.3. The fourth-order valence-corrected chi connectivity index (χ4v) is 6.09. The highest BCUT2D eigenvalue weighted by molar-refractivity contribution is 8.27. The first-order valence-corrected chi connectivity index (χ1v) is 12.6. The van der Waals surface area contributed by atoms with Gasteiger partial charge in [-0.15, -0.1) is 0 Å². The van der Waals surface area contributed by atoms with E-state index in [9.17, 15) is 4.79 Å². The number of fused-ring (bicyclic) bond motifs is 1. The van der Waals surface area contributed by atoms with Crippen LogP contribution >= 0.6 is 35.0 Å². The summed E-state index contributed by atoms with van der Waals surface area (Å²) in [4.78, 5) is 17.1. The molecule has 1 aromatic heterocycles. The first-order chi connectivity index (χ1) is 15.8. The topological polar surface area (TPSA) is 73.8 Å². The second-order valence-electron chi connectivity index (χ2n) is 8.53. The second-order valence-corrected chi connectivity index (χ2v) is 10.3. The number of hydrazone groups is 1. The molecule has 2 aliphatic heterocycles. The number of aliphatic imine (C=N–C) groups is 1. The second kappa shape index (κ2) is 8.78. The Hall–Kier alpha value is -2.35. The van der Waals surface area contributed by atoms with Gasteiger partial charge < -0.3 is 4.57 Å². The molecule has 33 heavy (non-hydrogen) atoms. The largest absolute Gasteiger partial charge is 0.316 e. The Labute approximate surface area is 206 Å². The molecule has 0 bridgehead atoms. The first-order valence-electron chi connectivity index (χ1n) is 11.0. The monoisotopic (exact) mass is 499 g/mol. The molecule has 1 N–H and O–H groups in total. The molecule has 1 aliphatic carbocycles. The SMILES string of the molecule is Cc1cc(C=C2C(=N)N3N=C(C4CCCCC4)SC3=NC2=O)c(C)n1-c1cccc(Cl)c1Cl. The molecule has 0 radical (unpaired) electrons. The van der Waals surface area contributed by atoms with E-state index in [-0.39, 0.29) is 11.4 Å². The van der Waals surface area contributed by atoms with Gasteiger partial charge in [0.1, 0.15) is 5.04 Å². The number of benzene rings is 1. The molecule has 9 heteroatoms. The van der Waals surface area contributed by atoms with Crippen LogP contribution in [-0.4, -0.2) is 31.5 Å². The molecular weight excluding hydrogens is 477 g/mol. The number of aryl methyl sites for hydroxylation is 1. The fraction of sp³-hybridized carbons (Fsp3) is 0.333. The number of hydrogen-bond donors (Lipinski definition) is 1. The Kier molecular flexibility index (Phi) is 5.97. The number of nitrogens with zero attached hydrogens (tertiary/aromatic N) is 4. The van der Waals surface area contributed by atoms with Crippen LogP contribution in [0.3, 0.4) is 0 Å². The molecule has 1 amide bonds. The lowest BCUT2D eigenvalue weighted by molar-refractivity contribution is -0.114. The Morgan fingerprint density at radius 3 is 2.70 bits per heavy atom. The van der Waals surface area contributed by atoms with Gasteiger partial charge in [-0.3, -0.25) is 10.2 Å². The first kappa shape index (κ1) is 22.4. The zero-order valence-electron chi connectivity index (χ0n) is 18.4. The highest BCUT2D eigenvalue weighted by Crippen LogP contribution is 2.37. The average molecular weight is 500 g/mol. The summed E-state index contributed by atoms with van der Waals surface area (Å²) in [5.41, 5.74) is 3.65. The number of carbonyl (C=O) groups is 1. The summed E-state index contributed by atoms with van der Waals surface area (Å²) in [6.07, 6.45) is 7.60. The lowest BCUT2D eigenvalue weighted by Gasteiger charge is -2.20. The van der Waals surface area contributed by atoms with Gasteiger partial charge >= 0.3 is 0 Å². The number of halogens is 2. The van der Waals surface area contributed by atoms with Crippen LogP contribution in [0.1, 0.15) is 49.1 Å². The molecule has 0 atom stereocenters. The maximum Gasteiger partial charge on any atom is 0.283 e. The van der Waals surface area contributed by atoms with Crippen LogP contribution in [0.4, 0.5) is 0 Å². The van der Waals surface area contributed by atoms with Crippen LogP contribution < -0.4 is 0 Å². The number of carbonyl (C=O) groups excluding carboxylic acids is 1. The van der Waals surface area contributed by atoms with E-state index in [4.69, 9.17) is 28.6 Å². The highest BCUT2D eigenvalue weighted by Gasteiger charge is 2.38. The van der Waals surface area contributed by atoms with Crippen LogP contribution in [0, 0.1) is 25.2 Å². The number of amidine groups is 2. The van der Waals surface area contributed by atoms with Crippen LogP contribution in [-0.2, 0) is 4.79 Å². The third-order valence-electron chi connectivity index (χ3n) is 6.37. The Balaban J connectivity index is 1.49. The molecule has 1 aromatic carbocycles. The van der Waals surface area contributed by atoms with Gasteiger partial charge in [-0.25, -0.2) is 0 Å². The number of amides is 1. The summed E-state index contributed by atoms with van der Waals surface area (Å²) in [5.74, 6) is 0.0482. The van der Waals surface area contributed by atoms with Crippen molar-refractivity contribution < 1.29 is 4.79 Å². The molecule has 1 fully saturated rings. The van der Waals surface area contributed by atoms with Gasteiger partial charge in [0.2, 0.25) is 5.17 Å². The van der Waals surface area contributed by atoms with E-state index in [1.54, 1.807) is 12.1 Å². The number of nitrogens with one attached hydrogen (secondary N) is 1. The summed E-state index contributed by atoms with van der Waals surface area (Å²) in [6, 6.07) is 7.47. The van der Waals surface area contributed by atoms with Gasteiger partial charge in [-0.1, -0.05) is 48.5 Å². The quantitative estimate of drug-likeness (QED) is 0.483. The Morgan fingerprint density at radius 1 is 1.18 bits per heavy atom. The normalized spacial score (nSPS) is 20.4. The van der Waals surface area contributed by atoms with Gasteiger partial charge in [0.15, 0.2) is 5.84 Å². The summed E-state index contributed by atoms with van der Waals surface area (Å²) in [5, 5.41) is 17.3. The minimum atomic E-state index is -0.413. The van der Waals surface area contributed by atoms with Crippen molar-refractivity contribution in [2.24, 2.45) is 16.0 Å². The average Bonchev–Trinajstić information content (AvgIpc) is 3.34. The van der Waals surface area contributed by atoms with Crippen LogP contribution in [0.25, 0.3) is 11.8 Å². The van der Waals surface area contributed by atoms with Crippen molar-refractivity contribution in [3.63, 3.8) is 0 Å². The number of rotatable bonds is 3. The predicted molar refractivity (Wildman–Crippen MR) is 137 cm³/mol. The highest BCUT2D eigenvalue weighted by atomic mass is 35.5. The van der Waals surface area contributed by atoms with E-state index in [0.717, 1.165) is 40.5 Å².